The van der Waals surface area contributed by atoms with E-state index < -0.39 is 5.97 Å². The van der Waals surface area contributed by atoms with Crippen molar-refractivity contribution in [1.82, 2.24) is 0 Å². The average molecular weight is 196 g/mol. The SMILES string of the molecule is CC.COc1ccc(C(=O)O)cc1C. The Morgan fingerprint density at radius 1 is 1.36 bits per heavy atom. The molecule has 0 saturated heterocycles. The molecule has 1 rings (SSSR count). The monoisotopic (exact) mass is 196 g/mol. The summed E-state index contributed by atoms with van der Waals surface area (Å²) in [6.07, 6.45) is 0. The first kappa shape index (κ1) is 12.5. The average Bonchev–Trinajstić information content (AvgIpc) is 2.20. The fourth-order valence-corrected chi connectivity index (χ4v) is 1.01. The number of carboxylic acid groups (broad SMARTS) is 1. The molecule has 0 radical (unpaired) electrons. The van der Waals surface area contributed by atoms with Gasteiger partial charge < -0.3 is 9.84 Å². The summed E-state index contributed by atoms with van der Waals surface area (Å²) in [5, 5.41) is 8.63. The van der Waals surface area contributed by atoms with E-state index >= 15 is 0 Å². The maximum atomic E-state index is 10.5. The first-order chi connectivity index (χ1) is 6.65. The predicted octanol–water partition coefficient (Wildman–Crippen LogP) is 2.73. The van der Waals surface area contributed by atoms with Crippen LogP contribution in [0.15, 0.2) is 18.2 Å². The molecule has 0 fully saturated rings. The minimum absolute atomic E-state index is 0.285. The molecule has 0 aliphatic carbocycles. The maximum Gasteiger partial charge on any atom is 0.335 e. The lowest BCUT2D eigenvalue weighted by Crippen LogP contribution is -1.97. The second-order valence-corrected chi connectivity index (χ2v) is 2.49. The zero-order valence-corrected chi connectivity index (χ0v) is 9.00. The van der Waals surface area contributed by atoms with Crippen LogP contribution >= 0.6 is 0 Å². The van der Waals surface area contributed by atoms with Crippen molar-refractivity contribution in [2.45, 2.75) is 20.8 Å². The van der Waals surface area contributed by atoms with Gasteiger partial charge in [0, 0.05) is 0 Å². The van der Waals surface area contributed by atoms with Crippen molar-refractivity contribution in [3.63, 3.8) is 0 Å². The highest BCUT2D eigenvalue weighted by Crippen LogP contribution is 2.18. The van der Waals surface area contributed by atoms with Crippen molar-refractivity contribution in [3.05, 3.63) is 29.3 Å². The van der Waals surface area contributed by atoms with Gasteiger partial charge in [0.2, 0.25) is 0 Å². The number of hydrogen-bond acceptors (Lipinski definition) is 2. The van der Waals surface area contributed by atoms with Crippen molar-refractivity contribution in [1.29, 1.82) is 0 Å². The molecule has 0 heterocycles. The number of ether oxygens (including phenoxy) is 1. The fourth-order valence-electron chi connectivity index (χ4n) is 1.01. The van der Waals surface area contributed by atoms with Gasteiger partial charge in [-0.25, -0.2) is 4.79 Å². The van der Waals surface area contributed by atoms with Crippen LogP contribution in [0.2, 0.25) is 0 Å². The molecule has 0 aliphatic heterocycles. The van der Waals surface area contributed by atoms with Crippen LogP contribution in [0.25, 0.3) is 0 Å². The highest BCUT2D eigenvalue weighted by atomic mass is 16.5. The van der Waals surface area contributed by atoms with Gasteiger partial charge in [-0.15, -0.1) is 0 Å². The second kappa shape index (κ2) is 6.02. The van der Waals surface area contributed by atoms with Crippen LogP contribution in [0, 0.1) is 6.92 Å². The van der Waals surface area contributed by atoms with Gasteiger partial charge in [0.05, 0.1) is 12.7 Å². The number of hydrogen-bond donors (Lipinski definition) is 1. The van der Waals surface area contributed by atoms with Gasteiger partial charge in [0.25, 0.3) is 0 Å². The van der Waals surface area contributed by atoms with Gasteiger partial charge in [0.1, 0.15) is 5.75 Å². The summed E-state index contributed by atoms with van der Waals surface area (Å²) in [6.45, 7) is 5.81. The van der Waals surface area contributed by atoms with Gasteiger partial charge >= 0.3 is 5.97 Å². The highest BCUT2D eigenvalue weighted by Gasteiger charge is 2.04. The van der Waals surface area contributed by atoms with E-state index in [2.05, 4.69) is 0 Å². The third-order valence-electron chi connectivity index (χ3n) is 1.64. The lowest BCUT2D eigenvalue weighted by molar-refractivity contribution is 0.0696. The number of aryl methyl sites for hydroxylation is 1. The lowest BCUT2D eigenvalue weighted by atomic mass is 10.1. The van der Waals surface area contributed by atoms with Gasteiger partial charge in [-0.1, -0.05) is 13.8 Å². The number of carbonyl (C=O) groups is 1. The summed E-state index contributed by atoms with van der Waals surface area (Å²) in [6, 6.07) is 4.76. The molecule has 0 bridgehead atoms. The minimum Gasteiger partial charge on any atom is -0.496 e. The van der Waals surface area contributed by atoms with E-state index in [0.29, 0.717) is 5.75 Å². The van der Waals surface area contributed by atoms with Crippen LogP contribution in [0.4, 0.5) is 0 Å². The number of carboxylic acids is 1. The molecule has 0 unspecified atom stereocenters. The predicted molar refractivity (Wildman–Crippen MR) is 56.0 cm³/mol. The van der Waals surface area contributed by atoms with Crippen LogP contribution in [0.5, 0.6) is 5.75 Å². The Morgan fingerprint density at radius 3 is 2.29 bits per heavy atom. The van der Waals surface area contributed by atoms with Crippen molar-refractivity contribution in [2.24, 2.45) is 0 Å². The van der Waals surface area contributed by atoms with E-state index in [4.69, 9.17) is 9.84 Å². The minimum atomic E-state index is -0.916. The summed E-state index contributed by atoms with van der Waals surface area (Å²) in [7, 11) is 1.56. The van der Waals surface area contributed by atoms with E-state index in [0.717, 1.165) is 5.56 Å². The standard InChI is InChI=1S/C9H10O3.C2H6/c1-6-5-7(9(10)11)3-4-8(6)12-2;1-2/h3-5H,1-2H3,(H,10,11);1-2H3. The largest absolute Gasteiger partial charge is 0.496 e. The van der Waals surface area contributed by atoms with Gasteiger partial charge in [-0.3, -0.25) is 0 Å². The number of benzene rings is 1. The first-order valence-electron chi connectivity index (χ1n) is 4.53. The topological polar surface area (TPSA) is 46.5 Å². The summed E-state index contributed by atoms with van der Waals surface area (Å²) in [5.74, 6) is -0.208. The lowest BCUT2D eigenvalue weighted by Gasteiger charge is -2.03. The highest BCUT2D eigenvalue weighted by molar-refractivity contribution is 5.88. The fraction of sp³-hybridized carbons (Fsp3) is 0.364. The summed E-state index contributed by atoms with van der Waals surface area (Å²) < 4.78 is 4.99. The van der Waals surface area contributed by atoms with E-state index in [1.54, 1.807) is 19.2 Å². The maximum absolute atomic E-state index is 10.5. The molecular formula is C11H16O3. The van der Waals surface area contributed by atoms with Crippen molar-refractivity contribution < 1.29 is 14.6 Å². The third kappa shape index (κ3) is 3.09. The van der Waals surface area contributed by atoms with Crippen LogP contribution in [0.3, 0.4) is 0 Å². The van der Waals surface area contributed by atoms with Gasteiger partial charge in [0.15, 0.2) is 0 Å². The van der Waals surface area contributed by atoms with Crippen LogP contribution in [-0.2, 0) is 0 Å². The van der Waals surface area contributed by atoms with E-state index in [9.17, 15) is 4.79 Å². The summed E-state index contributed by atoms with van der Waals surface area (Å²) in [5.41, 5.74) is 1.12. The molecule has 14 heavy (non-hydrogen) atoms. The van der Waals surface area contributed by atoms with Crippen molar-refractivity contribution in [3.8, 4) is 5.75 Å². The van der Waals surface area contributed by atoms with E-state index in [-0.39, 0.29) is 5.56 Å². The number of aromatic carboxylic acids is 1. The van der Waals surface area contributed by atoms with Crippen LogP contribution < -0.4 is 4.74 Å². The Balaban J connectivity index is 0.000000791. The second-order valence-electron chi connectivity index (χ2n) is 2.49. The zero-order chi connectivity index (χ0) is 11.1. The Morgan fingerprint density at radius 2 is 1.93 bits per heavy atom. The Kier molecular flexibility index (Phi) is 5.37. The van der Waals surface area contributed by atoms with Gasteiger partial charge in [-0.05, 0) is 30.7 Å². The number of methoxy groups -OCH3 is 1. The molecule has 1 aromatic rings. The summed E-state index contributed by atoms with van der Waals surface area (Å²) >= 11 is 0. The third-order valence-corrected chi connectivity index (χ3v) is 1.64. The molecule has 0 spiro atoms. The molecule has 1 N–H and O–H groups in total. The number of rotatable bonds is 2. The molecule has 0 atom stereocenters. The van der Waals surface area contributed by atoms with Gasteiger partial charge in [-0.2, -0.15) is 0 Å². The molecule has 3 heteroatoms. The summed E-state index contributed by atoms with van der Waals surface area (Å²) in [4.78, 5) is 10.5. The van der Waals surface area contributed by atoms with Crippen molar-refractivity contribution >= 4 is 5.97 Å². The molecule has 0 aromatic heterocycles. The molecular weight excluding hydrogens is 180 g/mol. The van der Waals surface area contributed by atoms with E-state index in [1.807, 2.05) is 20.8 Å². The zero-order valence-electron chi connectivity index (χ0n) is 9.00. The first-order valence-corrected chi connectivity index (χ1v) is 4.53. The molecule has 78 valence electrons. The Hall–Kier alpha value is -1.51. The van der Waals surface area contributed by atoms with Crippen molar-refractivity contribution in [2.75, 3.05) is 7.11 Å². The molecule has 0 aliphatic rings. The van der Waals surface area contributed by atoms with Crippen LogP contribution in [0.1, 0.15) is 29.8 Å². The molecule has 1 aromatic carbocycles. The molecule has 0 saturated carbocycles. The Labute approximate surface area is 84.3 Å². The Bertz CT molecular complexity index is 305. The quantitative estimate of drug-likeness (QED) is 0.791. The normalized spacial score (nSPS) is 8.57. The molecule has 0 amide bonds. The van der Waals surface area contributed by atoms with E-state index in [1.165, 1.54) is 6.07 Å². The smallest absolute Gasteiger partial charge is 0.335 e. The molecule has 3 nitrogen and oxygen atoms in total. The van der Waals surface area contributed by atoms with Crippen LogP contribution in [-0.4, -0.2) is 18.2 Å².